The standard InChI is InChI=1S/C9H16NO2/c1-9(2,12)8(11)10-6-4-3-5-7-10/h3-7H2,1-2H3. The Morgan fingerprint density at radius 2 is 1.67 bits per heavy atom. The van der Waals surface area contributed by atoms with Crippen LogP contribution in [0.15, 0.2) is 0 Å². The number of carbonyl (C=O) groups is 1. The molecule has 0 aromatic rings. The van der Waals surface area contributed by atoms with E-state index in [4.69, 9.17) is 0 Å². The fourth-order valence-electron chi connectivity index (χ4n) is 1.48. The van der Waals surface area contributed by atoms with Gasteiger partial charge >= 0.3 is 0 Å². The summed E-state index contributed by atoms with van der Waals surface area (Å²) in [6, 6.07) is 0. The van der Waals surface area contributed by atoms with E-state index in [0.717, 1.165) is 25.9 Å². The van der Waals surface area contributed by atoms with Gasteiger partial charge in [0.1, 0.15) is 0 Å². The molecular weight excluding hydrogens is 154 g/mol. The Hall–Kier alpha value is -0.570. The van der Waals surface area contributed by atoms with Crippen LogP contribution in [-0.2, 0) is 9.90 Å². The van der Waals surface area contributed by atoms with E-state index in [0.29, 0.717) is 0 Å². The Morgan fingerprint density at radius 3 is 2.08 bits per heavy atom. The van der Waals surface area contributed by atoms with Crippen molar-refractivity contribution in [2.24, 2.45) is 0 Å². The van der Waals surface area contributed by atoms with Gasteiger partial charge in [0.2, 0.25) is 0 Å². The van der Waals surface area contributed by atoms with Crippen molar-refractivity contribution in [3.8, 4) is 0 Å². The molecule has 0 N–H and O–H groups in total. The lowest BCUT2D eigenvalue weighted by atomic mass is 10.1. The number of piperidine rings is 1. The number of amides is 1. The number of hydrogen-bond donors (Lipinski definition) is 0. The van der Waals surface area contributed by atoms with E-state index in [9.17, 15) is 9.90 Å². The minimum absolute atomic E-state index is 0.248. The molecule has 3 nitrogen and oxygen atoms in total. The lowest BCUT2D eigenvalue weighted by molar-refractivity contribution is -0.154. The molecule has 0 aliphatic carbocycles. The molecule has 1 aliphatic rings. The quantitative estimate of drug-likeness (QED) is 0.583. The number of nitrogens with zero attached hydrogens (tertiary/aromatic N) is 1. The minimum atomic E-state index is -1.45. The van der Waals surface area contributed by atoms with E-state index in [2.05, 4.69) is 0 Å². The first kappa shape index (κ1) is 9.52. The van der Waals surface area contributed by atoms with E-state index in [-0.39, 0.29) is 5.91 Å². The maximum absolute atomic E-state index is 11.4. The highest BCUT2D eigenvalue weighted by Crippen LogP contribution is 2.14. The van der Waals surface area contributed by atoms with Crippen LogP contribution in [0.4, 0.5) is 0 Å². The molecule has 1 amide bonds. The number of likely N-dealkylation sites (tertiary alicyclic amines) is 1. The van der Waals surface area contributed by atoms with Gasteiger partial charge in [0.25, 0.3) is 5.91 Å². The summed E-state index contributed by atoms with van der Waals surface area (Å²) in [5.41, 5.74) is -1.45. The lowest BCUT2D eigenvalue weighted by Gasteiger charge is -2.30. The van der Waals surface area contributed by atoms with Gasteiger partial charge in [-0.05, 0) is 33.1 Å². The van der Waals surface area contributed by atoms with Crippen LogP contribution in [0.3, 0.4) is 0 Å². The summed E-state index contributed by atoms with van der Waals surface area (Å²) < 4.78 is 0. The number of carbonyl (C=O) groups excluding carboxylic acids is 1. The normalized spacial score (nSPS) is 19.4. The summed E-state index contributed by atoms with van der Waals surface area (Å²) in [4.78, 5) is 13.1. The maximum Gasteiger partial charge on any atom is 0.257 e. The third-order valence-corrected chi connectivity index (χ3v) is 2.16. The third kappa shape index (κ3) is 2.21. The van der Waals surface area contributed by atoms with E-state index < -0.39 is 5.60 Å². The predicted molar refractivity (Wildman–Crippen MR) is 45.2 cm³/mol. The van der Waals surface area contributed by atoms with Crippen LogP contribution in [-0.4, -0.2) is 29.5 Å². The highest BCUT2D eigenvalue weighted by atomic mass is 16.3. The van der Waals surface area contributed by atoms with Crippen molar-refractivity contribution in [1.29, 1.82) is 0 Å². The lowest BCUT2D eigenvalue weighted by Crippen LogP contribution is -2.46. The smallest absolute Gasteiger partial charge is 0.257 e. The Labute approximate surface area is 73.4 Å². The SMILES string of the molecule is CC(C)([O])C(=O)N1CCCCC1. The molecule has 1 fully saturated rings. The van der Waals surface area contributed by atoms with Gasteiger partial charge in [0.15, 0.2) is 5.60 Å². The second kappa shape index (κ2) is 3.44. The predicted octanol–water partition coefficient (Wildman–Crippen LogP) is 1.21. The Balaban J connectivity index is 2.51. The van der Waals surface area contributed by atoms with Gasteiger partial charge in [0.05, 0.1) is 0 Å². The average molecular weight is 170 g/mol. The highest BCUT2D eigenvalue weighted by Gasteiger charge is 2.31. The molecule has 0 saturated carbocycles. The molecule has 0 aromatic carbocycles. The average Bonchev–Trinajstić information content (AvgIpc) is 2.03. The van der Waals surface area contributed by atoms with Crippen molar-refractivity contribution < 1.29 is 9.90 Å². The van der Waals surface area contributed by atoms with Gasteiger partial charge in [-0.2, -0.15) is 0 Å². The molecule has 1 radical (unpaired) electrons. The van der Waals surface area contributed by atoms with Crippen molar-refractivity contribution in [3.63, 3.8) is 0 Å². The molecule has 3 heteroatoms. The van der Waals surface area contributed by atoms with Crippen LogP contribution in [0.5, 0.6) is 0 Å². The summed E-state index contributed by atoms with van der Waals surface area (Å²) >= 11 is 0. The van der Waals surface area contributed by atoms with Gasteiger partial charge < -0.3 is 4.90 Å². The molecule has 69 valence electrons. The fourth-order valence-corrected chi connectivity index (χ4v) is 1.48. The van der Waals surface area contributed by atoms with Gasteiger partial charge in [-0.3, -0.25) is 4.79 Å². The van der Waals surface area contributed by atoms with Crippen LogP contribution in [0.1, 0.15) is 33.1 Å². The molecule has 0 unspecified atom stereocenters. The van der Waals surface area contributed by atoms with E-state index in [1.807, 2.05) is 0 Å². The largest absolute Gasteiger partial charge is 0.340 e. The topological polar surface area (TPSA) is 40.2 Å². The molecule has 1 aliphatic heterocycles. The molecule has 0 aromatic heterocycles. The Kier molecular flexibility index (Phi) is 2.73. The molecule has 1 heterocycles. The van der Waals surface area contributed by atoms with Crippen LogP contribution >= 0.6 is 0 Å². The second-order valence-corrected chi connectivity index (χ2v) is 3.86. The second-order valence-electron chi connectivity index (χ2n) is 3.86. The zero-order valence-corrected chi connectivity index (χ0v) is 7.80. The first-order valence-corrected chi connectivity index (χ1v) is 4.51. The molecule has 0 spiro atoms. The zero-order valence-electron chi connectivity index (χ0n) is 7.80. The van der Waals surface area contributed by atoms with Gasteiger partial charge in [-0.25, -0.2) is 5.11 Å². The van der Waals surface area contributed by atoms with Gasteiger partial charge in [-0.1, -0.05) is 0 Å². The van der Waals surface area contributed by atoms with E-state index in [1.165, 1.54) is 20.3 Å². The molecule has 0 atom stereocenters. The summed E-state index contributed by atoms with van der Waals surface area (Å²) in [5.74, 6) is -0.248. The van der Waals surface area contributed by atoms with Crippen molar-refractivity contribution in [2.75, 3.05) is 13.1 Å². The summed E-state index contributed by atoms with van der Waals surface area (Å²) in [6.07, 6.45) is 3.27. The highest BCUT2D eigenvalue weighted by molar-refractivity contribution is 5.84. The van der Waals surface area contributed by atoms with Crippen molar-refractivity contribution in [1.82, 2.24) is 4.90 Å². The third-order valence-electron chi connectivity index (χ3n) is 2.16. The van der Waals surface area contributed by atoms with Crippen LogP contribution in [0, 0.1) is 0 Å². The fraction of sp³-hybridized carbons (Fsp3) is 0.889. The summed E-state index contributed by atoms with van der Waals surface area (Å²) in [5, 5.41) is 11.3. The number of hydrogen-bond acceptors (Lipinski definition) is 1. The van der Waals surface area contributed by atoms with Crippen LogP contribution < -0.4 is 0 Å². The monoisotopic (exact) mass is 170 g/mol. The van der Waals surface area contributed by atoms with Gasteiger partial charge in [0, 0.05) is 13.1 Å². The number of rotatable bonds is 1. The van der Waals surface area contributed by atoms with Crippen LogP contribution in [0.25, 0.3) is 0 Å². The first-order valence-electron chi connectivity index (χ1n) is 4.51. The minimum Gasteiger partial charge on any atom is -0.340 e. The molecular formula is C9H16NO2. The zero-order chi connectivity index (χ0) is 9.19. The summed E-state index contributed by atoms with van der Waals surface area (Å²) in [7, 11) is 0. The Bertz CT molecular complexity index is 166. The van der Waals surface area contributed by atoms with Crippen molar-refractivity contribution in [2.45, 2.75) is 38.7 Å². The van der Waals surface area contributed by atoms with E-state index in [1.54, 1.807) is 4.90 Å². The maximum atomic E-state index is 11.4. The van der Waals surface area contributed by atoms with E-state index >= 15 is 0 Å². The molecule has 12 heavy (non-hydrogen) atoms. The molecule has 0 bridgehead atoms. The van der Waals surface area contributed by atoms with Crippen LogP contribution in [0.2, 0.25) is 0 Å². The Morgan fingerprint density at radius 1 is 1.17 bits per heavy atom. The van der Waals surface area contributed by atoms with Crippen molar-refractivity contribution in [3.05, 3.63) is 0 Å². The summed E-state index contributed by atoms with van der Waals surface area (Å²) in [6.45, 7) is 4.41. The van der Waals surface area contributed by atoms with Gasteiger partial charge in [-0.15, -0.1) is 0 Å². The molecule has 1 rings (SSSR count). The molecule has 1 saturated heterocycles. The van der Waals surface area contributed by atoms with Crippen molar-refractivity contribution >= 4 is 5.91 Å². The first-order chi connectivity index (χ1) is 5.52.